The van der Waals surface area contributed by atoms with Gasteiger partial charge in [-0.25, -0.2) is 4.39 Å². The lowest BCUT2D eigenvalue weighted by molar-refractivity contribution is 0.402. The molecule has 0 bridgehead atoms. The maximum Gasteiger partial charge on any atom is 0.175 e. The first kappa shape index (κ1) is 10.8. The predicted octanol–water partition coefficient (Wildman–Crippen LogP) is 2.72. The van der Waals surface area contributed by atoms with Gasteiger partial charge in [0.05, 0.1) is 17.7 Å². The van der Waals surface area contributed by atoms with Gasteiger partial charge in [-0.1, -0.05) is 16.8 Å². The van der Waals surface area contributed by atoms with Crippen LogP contribution in [0, 0.1) is 5.82 Å². The van der Waals surface area contributed by atoms with Crippen LogP contribution >= 0.6 is 11.6 Å². The first-order chi connectivity index (χ1) is 7.63. The zero-order chi connectivity index (χ0) is 11.7. The highest BCUT2D eigenvalue weighted by Crippen LogP contribution is 2.36. The van der Waals surface area contributed by atoms with Crippen LogP contribution in [0.15, 0.2) is 22.7 Å². The summed E-state index contributed by atoms with van der Waals surface area (Å²) in [5.41, 5.74) is 5.50. The van der Waals surface area contributed by atoms with E-state index in [2.05, 4.69) is 5.16 Å². The highest BCUT2D eigenvalue weighted by Gasteiger charge is 2.18. The standard InChI is InChI=1S/C10H8ClFN2O2/c1-15-6-3-2-5(11)10(12)9(6)7-4-8(13)14-16-7/h2-4H,1H3,(H2,13,14). The lowest BCUT2D eigenvalue weighted by Gasteiger charge is -2.07. The van der Waals surface area contributed by atoms with Gasteiger partial charge in [0, 0.05) is 6.07 Å². The smallest absolute Gasteiger partial charge is 0.175 e. The van der Waals surface area contributed by atoms with Gasteiger partial charge in [0.15, 0.2) is 17.4 Å². The van der Waals surface area contributed by atoms with Gasteiger partial charge in [-0.3, -0.25) is 0 Å². The molecule has 1 aromatic heterocycles. The third kappa shape index (κ3) is 1.69. The minimum absolute atomic E-state index is 0.0224. The summed E-state index contributed by atoms with van der Waals surface area (Å²) in [4.78, 5) is 0. The number of benzene rings is 1. The second-order valence-electron chi connectivity index (χ2n) is 3.05. The molecule has 0 saturated carbocycles. The average molecular weight is 243 g/mol. The number of methoxy groups -OCH3 is 1. The molecule has 1 heterocycles. The molecule has 0 fully saturated rings. The van der Waals surface area contributed by atoms with Crippen molar-refractivity contribution in [2.45, 2.75) is 0 Å². The van der Waals surface area contributed by atoms with Gasteiger partial charge >= 0.3 is 0 Å². The molecule has 2 rings (SSSR count). The van der Waals surface area contributed by atoms with Gasteiger partial charge in [-0.05, 0) is 12.1 Å². The molecule has 2 aromatic rings. The Bertz CT molecular complexity index is 528. The van der Waals surface area contributed by atoms with Crippen molar-refractivity contribution >= 4 is 17.4 Å². The highest BCUT2D eigenvalue weighted by atomic mass is 35.5. The van der Waals surface area contributed by atoms with Crippen molar-refractivity contribution in [1.82, 2.24) is 5.16 Å². The molecule has 0 aliphatic rings. The monoisotopic (exact) mass is 242 g/mol. The third-order valence-electron chi connectivity index (χ3n) is 2.05. The van der Waals surface area contributed by atoms with E-state index in [-0.39, 0.29) is 22.2 Å². The van der Waals surface area contributed by atoms with Gasteiger partial charge < -0.3 is 15.0 Å². The average Bonchev–Trinajstić information content (AvgIpc) is 2.68. The highest BCUT2D eigenvalue weighted by molar-refractivity contribution is 6.31. The SMILES string of the molecule is COc1ccc(Cl)c(F)c1-c1cc(N)no1. The lowest BCUT2D eigenvalue weighted by atomic mass is 10.1. The van der Waals surface area contributed by atoms with E-state index in [0.717, 1.165) is 0 Å². The van der Waals surface area contributed by atoms with E-state index >= 15 is 0 Å². The first-order valence-corrected chi connectivity index (χ1v) is 4.76. The Morgan fingerprint density at radius 3 is 2.81 bits per heavy atom. The van der Waals surface area contributed by atoms with Crippen molar-refractivity contribution < 1.29 is 13.7 Å². The Morgan fingerprint density at radius 2 is 2.25 bits per heavy atom. The number of hydrogen-bond donors (Lipinski definition) is 1. The van der Waals surface area contributed by atoms with E-state index in [0.29, 0.717) is 5.75 Å². The van der Waals surface area contributed by atoms with Crippen LogP contribution in [0.3, 0.4) is 0 Å². The van der Waals surface area contributed by atoms with E-state index in [9.17, 15) is 4.39 Å². The molecule has 2 N–H and O–H groups in total. The van der Waals surface area contributed by atoms with Crippen LogP contribution in [-0.2, 0) is 0 Å². The van der Waals surface area contributed by atoms with Crippen molar-refractivity contribution in [2.24, 2.45) is 0 Å². The molecular weight excluding hydrogens is 235 g/mol. The van der Waals surface area contributed by atoms with Gasteiger partial charge in [0.1, 0.15) is 5.75 Å². The van der Waals surface area contributed by atoms with E-state index in [1.807, 2.05) is 0 Å². The number of nitrogens with two attached hydrogens (primary N) is 1. The van der Waals surface area contributed by atoms with Crippen LogP contribution in [0.5, 0.6) is 5.75 Å². The normalized spacial score (nSPS) is 10.4. The summed E-state index contributed by atoms with van der Waals surface area (Å²) in [7, 11) is 1.42. The van der Waals surface area contributed by atoms with Crippen molar-refractivity contribution in [3.8, 4) is 17.1 Å². The predicted molar refractivity (Wildman–Crippen MR) is 57.9 cm³/mol. The Balaban J connectivity index is 2.66. The molecule has 0 atom stereocenters. The molecule has 16 heavy (non-hydrogen) atoms. The number of anilines is 1. The van der Waals surface area contributed by atoms with Crippen LogP contribution in [-0.4, -0.2) is 12.3 Å². The van der Waals surface area contributed by atoms with Crippen molar-refractivity contribution in [3.63, 3.8) is 0 Å². The number of rotatable bonds is 2. The summed E-state index contributed by atoms with van der Waals surface area (Å²) in [5, 5.41) is 3.45. The Labute approximate surface area is 95.7 Å². The fraction of sp³-hybridized carbons (Fsp3) is 0.100. The van der Waals surface area contributed by atoms with Gasteiger partial charge in [-0.15, -0.1) is 0 Å². The largest absolute Gasteiger partial charge is 0.496 e. The second-order valence-corrected chi connectivity index (χ2v) is 3.46. The van der Waals surface area contributed by atoms with E-state index in [1.54, 1.807) is 6.07 Å². The molecule has 0 spiro atoms. The first-order valence-electron chi connectivity index (χ1n) is 4.38. The topological polar surface area (TPSA) is 61.3 Å². The summed E-state index contributed by atoms with van der Waals surface area (Å²) < 4.78 is 23.7. The quantitative estimate of drug-likeness (QED) is 0.880. The number of nitrogens with zero attached hydrogens (tertiary/aromatic N) is 1. The molecular formula is C10H8ClFN2O2. The number of halogens is 2. The lowest BCUT2D eigenvalue weighted by Crippen LogP contribution is -1.91. The molecule has 1 aromatic carbocycles. The van der Waals surface area contributed by atoms with Crippen LogP contribution in [0.2, 0.25) is 5.02 Å². The van der Waals surface area contributed by atoms with Gasteiger partial charge in [0.2, 0.25) is 0 Å². The minimum Gasteiger partial charge on any atom is -0.496 e. The molecule has 0 saturated heterocycles. The summed E-state index contributed by atoms with van der Waals surface area (Å²) in [6.45, 7) is 0. The summed E-state index contributed by atoms with van der Waals surface area (Å²) in [6, 6.07) is 4.34. The van der Waals surface area contributed by atoms with Crippen LogP contribution in [0.4, 0.5) is 10.2 Å². The fourth-order valence-corrected chi connectivity index (χ4v) is 1.50. The number of nitrogen functional groups attached to an aromatic ring is 1. The minimum atomic E-state index is -0.628. The summed E-state index contributed by atoms with van der Waals surface area (Å²) in [5.74, 6) is 0.0148. The van der Waals surface area contributed by atoms with Crippen molar-refractivity contribution in [1.29, 1.82) is 0 Å². The van der Waals surface area contributed by atoms with Gasteiger partial charge in [0.25, 0.3) is 0 Å². The molecule has 84 valence electrons. The van der Waals surface area contributed by atoms with E-state index in [1.165, 1.54) is 19.2 Å². The maximum absolute atomic E-state index is 13.8. The Hall–Kier alpha value is -1.75. The molecule has 0 aliphatic carbocycles. The summed E-state index contributed by atoms with van der Waals surface area (Å²) >= 11 is 5.68. The molecule has 0 unspecified atom stereocenters. The van der Waals surface area contributed by atoms with Crippen LogP contribution < -0.4 is 10.5 Å². The fourth-order valence-electron chi connectivity index (χ4n) is 1.34. The Morgan fingerprint density at radius 1 is 1.50 bits per heavy atom. The molecule has 6 heteroatoms. The van der Waals surface area contributed by atoms with Crippen molar-refractivity contribution in [2.75, 3.05) is 12.8 Å². The van der Waals surface area contributed by atoms with Crippen LogP contribution in [0.1, 0.15) is 0 Å². The number of aromatic nitrogens is 1. The molecule has 0 radical (unpaired) electrons. The molecule has 4 nitrogen and oxygen atoms in total. The molecule has 0 aliphatic heterocycles. The van der Waals surface area contributed by atoms with Crippen LogP contribution in [0.25, 0.3) is 11.3 Å². The van der Waals surface area contributed by atoms with E-state index in [4.69, 9.17) is 26.6 Å². The zero-order valence-electron chi connectivity index (χ0n) is 8.33. The van der Waals surface area contributed by atoms with E-state index < -0.39 is 5.82 Å². The summed E-state index contributed by atoms with van der Waals surface area (Å²) in [6.07, 6.45) is 0. The van der Waals surface area contributed by atoms with Gasteiger partial charge in [-0.2, -0.15) is 0 Å². The Kier molecular flexibility index (Phi) is 2.70. The maximum atomic E-state index is 13.8. The number of hydrogen-bond acceptors (Lipinski definition) is 4. The third-order valence-corrected chi connectivity index (χ3v) is 2.34. The number of ether oxygens (including phenoxy) is 1. The molecule has 0 amide bonds. The second kappa shape index (κ2) is 4.02. The zero-order valence-corrected chi connectivity index (χ0v) is 9.08. The van der Waals surface area contributed by atoms with Crippen molar-refractivity contribution in [3.05, 3.63) is 29.0 Å².